The molecule has 0 spiro atoms. The van der Waals surface area contributed by atoms with E-state index in [0.717, 1.165) is 18.2 Å². The highest BCUT2D eigenvalue weighted by molar-refractivity contribution is 5.79. The van der Waals surface area contributed by atoms with Gasteiger partial charge < -0.3 is 5.11 Å². The van der Waals surface area contributed by atoms with Crippen LogP contribution in [0.3, 0.4) is 0 Å². The van der Waals surface area contributed by atoms with E-state index < -0.39 is 47.6 Å². The van der Waals surface area contributed by atoms with Gasteiger partial charge in [-0.05, 0) is 90.4 Å². The molecule has 0 saturated carbocycles. The van der Waals surface area contributed by atoms with Crippen molar-refractivity contribution in [3.05, 3.63) is 94.8 Å². The van der Waals surface area contributed by atoms with Crippen LogP contribution in [0.4, 0.5) is 30.7 Å². The molecule has 1 N–H and O–H groups in total. The maximum absolute atomic E-state index is 14.7. The molecule has 0 amide bonds. The third kappa shape index (κ3) is 7.14. The van der Waals surface area contributed by atoms with Crippen LogP contribution in [0.25, 0.3) is 11.1 Å². The molecule has 3 nitrogen and oxygen atoms in total. The number of nitrogens with zero attached hydrogens (tertiary/aromatic N) is 1. The lowest BCUT2D eigenvalue weighted by Crippen LogP contribution is -2.41. The minimum absolute atomic E-state index is 0.0294. The van der Waals surface area contributed by atoms with E-state index in [4.69, 9.17) is 0 Å². The number of piperidine rings is 1. The summed E-state index contributed by atoms with van der Waals surface area (Å²) in [6.45, 7) is 3.36. The molecule has 0 unspecified atom stereocenters. The van der Waals surface area contributed by atoms with Crippen molar-refractivity contribution in [1.82, 2.24) is 4.90 Å². The summed E-state index contributed by atoms with van der Waals surface area (Å²) in [6, 6.07) is 14.9. The summed E-state index contributed by atoms with van der Waals surface area (Å²) < 4.78 is 98.4. The van der Waals surface area contributed by atoms with Crippen molar-refractivity contribution >= 4 is 5.97 Å². The van der Waals surface area contributed by atoms with E-state index in [1.165, 1.54) is 18.2 Å². The first-order valence-electron chi connectivity index (χ1n) is 13.8. The van der Waals surface area contributed by atoms with Gasteiger partial charge in [-0.2, -0.15) is 26.3 Å². The number of rotatable bonds is 8. The lowest BCUT2D eigenvalue weighted by molar-refractivity contribution is -0.185. The zero-order valence-corrected chi connectivity index (χ0v) is 23.1. The van der Waals surface area contributed by atoms with Crippen LogP contribution < -0.4 is 0 Å². The molecular weight excluding hydrogens is 563 g/mol. The molecule has 0 aliphatic carbocycles. The number of halogens is 7. The Kier molecular flexibility index (Phi) is 9.35. The van der Waals surface area contributed by atoms with Crippen LogP contribution in [-0.4, -0.2) is 35.2 Å². The summed E-state index contributed by atoms with van der Waals surface area (Å²) in [4.78, 5) is 14.0. The number of hydrogen-bond donors (Lipinski definition) is 1. The molecule has 0 bridgehead atoms. The molecule has 10 heteroatoms. The summed E-state index contributed by atoms with van der Waals surface area (Å²) in [5.74, 6) is -5.14. The molecule has 3 aromatic carbocycles. The third-order valence-electron chi connectivity index (χ3n) is 7.83. The summed E-state index contributed by atoms with van der Waals surface area (Å²) in [5.41, 5.74) is -0.0586. The first kappa shape index (κ1) is 31.5. The quantitative estimate of drug-likeness (QED) is 0.264. The van der Waals surface area contributed by atoms with E-state index in [0.29, 0.717) is 16.7 Å². The number of carboxylic acids is 1. The van der Waals surface area contributed by atoms with E-state index >= 15 is 0 Å². The summed E-state index contributed by atoms with van der Waals surface area (Å²) in [6.07, 6.45) is -9.80. The van der Waals surface area contributed by atoms with Crippen molar-refractivity contribution in [3.63, 3.8) is 0 Å². The van der Waals surface area contributed by atoms with Gasteiger partial charge in [-0.3, -0.25) is 9.69 Å². The van der Waals surface area contributed by atoms with Gasteiger partial charge in [0.05, 0.1) is 23.4 Å². The summed E-state index contributed by atoms with van der Waals surface area (Å²) >= 11 is 0. The highest BCUT2D eigenvalue weighted by Gasteiger charge is 2.44. The average molecular weight is 596 g/mol. The minimum atomic E-state index is -4.92. The third-order valence-corrected chi connectivity index (χ3v) is 7.83. The Balaban J connectivity index is 1.99. The normalized spacial score (nSPS) is 16.9. The van der Waals surface area contributed by atoms with Gasteiger partial charge in [-0.1, -0.05) is 56.3 Å². The maximum Gasteiger partial charge on any atom is 0.416 e. The van der Waals surface area contributed by atoms with Crippen LogP contribution in [0.5, 0.6) is 0 Å². The number of carboxylic acid groups (broad SMARTS) is 1. The number of benzene rings is 3. The van der Waals surface area contributed by atoms with Crippen LogP contribution in [0.15, 0.2) is 66.7 Å². The van der Waals surface area contributed by atoms with Gasteiger partial charge >= 0.3 is 18.3 Å². The molecular formula is C32H32F7NO2. The highest BCUT2D eigenvalue weighted by atomic mass is 19.4. The van der Waals surface area contributed by atoms with Crippen molar-refractivity contribution in [1.29, 1.82) is 0 Å². The first-order chi connectivity index (χ1) is 19.7. The van der Waals surface area contributed by atoms with Crippen molar-refractivity contribution in [2.24, 2.45) is 11.8 Å². The van der Waals surface area contributed by atoms with E-state index in [-0.39, 0.29) is 49.4 Å². The number of carbonyl (C=O) groups is 1. The van der Waals surface area contributed by atoms with Gasteiger partial charge in [0.25, 0.3) is 0 Å². The zero-order chi connectivity index (χ0) is 30.8. The van der Waals surface area contributed by atoms with E-state index in [1.807, 2.05) is 0 Å². The number of aliphatic carboxylic acids is 1. The monoisotopic (exact) mass is 595 g/mol. The van der Waals surface area contributed by atoms with E-state index in [1.54, 1.807) is 49.1 Å². The average Bonchev–Trinajstić information content (AvgIpc) is 2.92. The van der Waals surface area contributed by atoms with Crippen LogP contribution in [0.2, 0.25) is 0 Å². The second-order valence-electron chi connectivity index (χ2n) is 11.2. The van der Waals surface area contributed by atoms with Crippen LogP contribution >= 0.6 is 0 Å². The number of alkyl halides is 6. The topological polar surface area (TPSA) is 40.5 Å². The second-order valence-corrected chi connectivity index (χ2v) is 11.2. The Morgan fingerprint density at radius 1 is 0.905 bits per heavy atom. The molecule has 3 aromatic rings. The van der Waals surface area contributed by atoms with Crippen LogP contribution in [0, 0.1) is 17.7 Å². The standard InChI is InChI=1S/C32H32F7NO2/c1-19(2)16-27(30(41)42)25-17-24(20-6-4-3-5-7-20)26(18-28(25)32(37,38)39)29(21-8-10-23(33)11-9-21)40-14-12-22(13-15-40)31(34,35)36/h3-11,17-19,22,27,29H,12-16H2,1-2H3,(H,41,42)/t27-,29+/m0/s1. The second kappa shape index (κ2) is 12.5. The van der Waals surface area contributed by atoms with Crippen molar-refractivity contribution in [2.45, 2.75) is 57.4 Å². The lowest BCUT2D eigenvalue weighted by atomic mass is 9.80. The predicted octanol–water partition coefficient (Wildman–Crippen LogP) is 9.09. The summed E-state index contributed by atoms with van der Waals surface area (Å²) in [7, 11) is 0. The largest absolute Gasteiger partial charge is 0.481 e. The first-order valence-corrected chi connectivity index (χ1v) is 13.8. The van der Waals surface area contributed by atoms with Gasteiger partial charge in [0.15, 0.2) is 0 Å². The van der Waals surface area contributed by atoms with Crippen molar-refractivity contribution in [3.8, 4) is 11.1 Å². The molecule has 1 aliphatic rings. The Morgan fingerprint density at radius 3 is 2.00 bits per heavy atom. The molecule has 226 valence electrons. The fourth-order valence-electron chi connectivity index (χ4n) is 5.81. The zero-order valence-electron chi connectivity index (χ0n) is 23.1. The maximum atomic E-state index is 14.7. The fourth-order valence-corrected chi connectivity index (χ4v) is 5.81. The molecule has 0 aromatic heterocycles. The minimum Gasteiger partial charge on any atom is -0.481 e. The Bertz CT molecular complexity index is 1360. The molecule has 0 radical (unpaired) electrons. The molecule has 42 heavy (non-hydrogen) atoms. The number of hydrogen-bond acceptors (Lipinski definition) is 2. The molecule has 2 atom stereocenters. The molecule has 1 heterocycles. The van der Waals surface area contributed by atoms with Crippen molar-refractivity contribution in [2.75, 3.05) is 13.1 Å². The predicted molar refractivity (Wildman–Crippen MR) is 145 cm³/mol. The Hall–Kier alpha value is -3.40. The molecule has 4 rings (SSSR count). The molecule has 1 fully saturated rings. The Labute approximate surface area is 240 Å². The number of likely N-dealkylation sites (tertiary alicyclic amines) is 1. The molecule has 1 saturated heterocycles. The van der Waals surface area contributed by atoms with E-state index in [2.05, 4.69) is 0 Å². The van der Waals surface area contributed by atoms with Gasteiger partial charge in [0.1, 0.15) is 5.82 Å². The highest BCUT2D eigenvalue weighted by Crippen LogP contribution is 2.46. The fraction of sp³-hybridized carbons (Fsp3) is 0.406. The van der Waals surface area contributed by atoms with E-state index in [9.17, 15) is 40.6 Å². The van der Waals surface area contributed by atoms with Gasteiger partial charge in [-0.15, -0.1) is 0 Å². The lowest BCUT2D eigenvalue weighted by Gasteiger charge is -2.39. The van der Waals surface area contributed by atoms with Crippen LogP contribution in [0.1, 0.15) is 67.3 Å². The SMILES string of the molecule is CC(C)C[C@H](C(=O)O)c1cc(-c2ccccc2)c([C@@H](c2ccc(F)cc2)N2CCC(C(F)(F)F)CC2)cc1C(F)(F)F. The smallest absolute Gasteiger partial charge is 0.416 e. The Morgan fingerprint density at radius 2 is 1.50 bits per heavy atom. The van der Waals surface area contributed by atoms with Gasteiger partial charge in [0.2, 0.25) is 0 Å². The van der Waals surface area contributed by atoms with Crippen LogP contribution in [-0.2, 0) is 11.0 Å². The summed E-state index contributed by atoms with van der Waals surface area (Å²) in [5, 5.41) is 10.0. The van der Waals surface area contributed by atoms with Crippen molar-refractivity contribution < 1.29 is 40.6 Å². The van der Waals surface area contributed by atoms with Gasteiger partial charge in [-0.25, -0.2) is 4.39 Å². The van der Waals surface area contributed by atoms with Gasteiger partial charge in [0, 0.05) is 0 Å². The molecule has 1 aliphatic heterocycles.